The van der Waals surface area contributed by atoms with E-state index in [0.29, 0.717) is 5.56 Å². The Balaban J connectivity index is 3.41. The summed E-state index contributed by atoms with van der Waals surface area (Å²) in [6.07, 6.45) is -1.46. The highest BCUT2D eigenvalue weighted by Crippen LogP contribution is 2.23. The number of carbonyl (C=O) groups excluding carboxylic acids is 1. The van der Waals surface area contributed by atoms with Gasteiger partial charge in [-0.25, -0.2) is 8.78 Å². The van der Waals surface area contributed by atoms with Crippen molar-refractivity contribution < 1.29 is 13.6 Å². The Hall–Kier alpha value is -1.52. The number of amides is 1. The van der Waals surface area contributed by atoms with Gasteiger partial charge in [0.2, 0.25) is 5.91 Å². The molecule has 0 aliphatic rings. The number of hydrogen-bond donors (Lipinski definition) is 1. The van der Waals surface area contributed by atoms with Crippen LogP contribution in [0.5, 0.6) is 0 Å². The van der Waals surface area contributed by atoms with Gasteiger partial charge in [-0.05, 0) is 25.0 Å². The third-order valence-electron chi connectivity index (χ3n) is 2.00. The average Bonchev–Trinajstić information content (AvgIpc) is 2.02. The van der Waals surface area contributed by atoms with Crippen molar-refractivity contribution in [3.63, 3.8) is 0 Å². The smallest absolute Gasteiger partial charge is 0.280 e. The van der Waals surface area contributed by atoms with Crippen molar-refractivity contribution >= 4 is 5.91 Å². The lowest BCUT2D eigenvalue weighted by Gasteiger charge is -2.09. The molecule has 0 bridgehead atoms. The number of primary amides is 1. The molecule has 1 rings (SSSR count). The first-order valence-corrected chi connectivity index (χ1v) is 3.99. The Morgan fingerprint density at radius 2 is 2.07 bits per heavy atom. The molecule has 0 saturated carbocycles. The van der Waals surface area contributed by atoms with Crippen LogP contribution in [-0.2, 0) is 0 Å². The van der Waals surface area contributed by atoms with E-state index in [1.165, 1.54) is 13.1 Å². The first-order valence-electron chi connectivity index (χ1n) is 3.99. The summed E-state index contributed by atoms with van der Waals surface area (Å²) in [5.41, 5.74) is 5.50. The van der Waals surface area contributed by atoms with Gasteiger partial charge in [0.1, 0.15) is 5.69 Å². The second-order valence-corrected chi connectivity index (χ2v) is 2.99. The number of nitrogens with zero attached hydrogens (tertiary/aromatic N) is 1. The topological polar surface area (TPSA) is 56.0 Å². The van der Waals surface area contributed by atoms with E-state index in [4.69, 9.17) is 5.73 Å². The van der Waals surface area contributed by atoms with Crippen LogP contribution in [-0.4, -0.2) is 10.9 Å². The molecular weight excluding hydrogens is 190 g/mol. The molecule has 76 valence electrons. The van der Waals surface area contributed by atoms with Crippen molar-refractivity contribution in [3.8, 4) is 0 Å². The first kappa shape index (κ1) is 10.6. The monoisotopic (exact) mass is 200 g/mol. The van der Waals surface area contributed by atoms with E-state index < -0.39 is 12.3 Å². The number of hydrogen-bond acceptors (Lipinski definition) is 2. The van der Waals surface area contributed by atoms with Crippen molar-refractivity contribution in [1.29, 1.82) is 0 Å². The molecule has 1 heterocycles. The highest BCUT2D eigenvalue weighted by atomic mass is 19.3. The molecule has 0 aromatic carbocycles. The Kier molecular flexibility index (Phi) is 2.78. The third-order valence-corrected chi connectivity index (χ3v) is 2.00. The van der Waals surface area contributed by atoms with E-state index in [2.05, 4.69) is 4.98 Å². The zero-order valence-corrected chi connectivity index (χ0v) is 7.84. The van der Waals surface area contributed by atoms with Gasteiger partial charge in [-0.3, -0.25) is 9.78 Å². The van der Waals surface area contributed by atoms with Crippen LogP contribution in [0.1, 0.15) is 33.6 Å². The summed E-state index contributed by atoms with van der Waals surface area (Å²) in [6, 6.07) is 0. The van der Waals surface area contributed by atoms with E-state index in [0.717, 1.165) is 0 Å². The maximum absolute atomic E-state index is 12.4. The molecule has 1 amide bonds. The number of aromatic nitrogens is 1. The quantitative estimate of drug-likeness (QED) is 0.790. The molecule has 5 heteroatoms. The first-order chi connectivity index (χ1) is 6.45. The van der Waals surface area contributed by atoms with Gasteiger partial charge in [0.15, 0.2) is 0 Å². The van der Waals surface area contributed by atoms with Crippen LogP contribution in [0, 0.1) is 13.8 Å². The summed E-state index contributed by atoms with van der Waals surface area (Å²) < 4.78 is 24.8. The van der Waals surface area contributed by atoms with E-state index in [9.17, 15) is 13.6 Å². The van der Waals surface area contributed by atoms with Crippen molar-refractivity contribution in [2.45, 2.75) is 20.3 Å². The van der Waals surface area contributed by atoms with Gasteiger partial charge in [-0.2, -0.15) is 0 Å². The summed E-state index contributed by atoms with van der Waals surface area (Å²) in [5.74, 6) is -0.704. The second kappa shape index (κ2) is 3.69. The van der Waals surface area contributed by atoms with Crippen LogP contribution in [0.2, 0.25) is 0 Å². The largest absolute Gasteiger partial charge is 0.366 e. The number of halogens is 2. The number of aryl methyl sites for hydroxylation is 1. The zero-order valence-electron chi connectivity index (χ0n) is 7.84. The summed E-state index contributed by atoms with van der Waals surface area (Å²) in [6.45, 7) is 3.02. The molecule has 0 fully saturated rings. The van der Waals surface area contributed by atoms with Gasteiger partial charge in [0.25, 0.3) is 6.43 Å². The lowest BCUT2D eigenvalue weighted by atomic mass is 10.0. The minimum atomic E-state index is -2.69. The van der Waals surface area contributed by atoms with Crippen LogP contribution < -0.4 is 5.73 Å². The van der Waals surface area contributed by atoms with E-state index in [1.807, 2.05) is 0 Å². The van der Waals surface area contributed by atoms with Crippen molar-refractivity contribution in [1.82, 2.24) is 4.98 Å². The fourth-order valence-electron chi connectivity index (χ4n) is 1.35. The van der Waals surface area contributed by atoms with Crippen LogP contribution in [0.3, 0.4) is 0 Å². The van der Waals surface area contributed by atoms with Gasteiger partial charge in [-0.15, -0.1) is 0 Å². The standard InChI is InChI=1S/C9H10F2N2O/c1-4-3-13-7(8(10)11)5(2)6(4)9(12)14/h3,8H,1-2H3,(H2,12,14). The van der Waals surface area contributed by atoms with Gasteiger partial charge in [0.05, 0.1) is 0 Å². The molecule has 0 atom stereocenters. The molecule has 0 aliphatic carbocycles. The van der Waals surface area contributed by atoms with Crippen LogP contribution in [0.4, 0.5) is 8.78 Å². The molecule has 0 aliphatic heterocycles. The third kappa shape index (κ3) is 1.71. The lowest BCUT2D eigenvalue weighted by molar-refractivity contribution is 0.0998. The fourth-order valence-corrected chi connectivity index (χ4v) is 1.35. The number of carbonyl (C=O) groups is 1. The molecule has 3 nitrogen and oxygen atoms in total. The maximum Gasteiger partial charge on any atom is 0.280 e. The predicted molar refractivity (Wildman–Crippen MR) is 47.2 cm³/mol. The van der Waals surface area contributed by atoms with Gasteiger partial charge < -0.3 is 5.73 Å². The second-order valence-electron chi connectivity index (χ2n) is 2.99. The molecule has 14 heavy (non-hydrogen) atoms. The van der Waals surface area contributed by atoms with Gasteiger partial charge in [-0.1, -0.05) is 0 Å². The Bertz CT molecular complexity index is 377. The highest BCUT2D eigenvalue weighted by Gasteiger charge is 2.18. The SMILES string of the molecule is Cc1cnc(C(F)F)c(C)c1C(N)=O. The van der Waals surface area contributed by atoms with E-state index in [-0.39, 0.29) is 16.8 Å². The fraction of sp³-hybridized carbons (Fsp3) is 0.333. The zero-order chi connectivity index (χ0) is 10.9. The van der Waals surface area contributed by atoms with Crippen molar-refractivity contribution in [3.05, 3.63) is 28.6 Å². The van der Waals surface area contributed by atoms with E-state index in [1.54, 1.807) is 6.92 Å². The maximum atomic E-state index is 12.4. The molecule has 0 saturated heterocycles. The van der Waals surface area contributed by atoms with E-state index >= 15 is 0 Å². The van der Waals surface area contributed by atoms with Crippen LogP contribution >= 0.6 is 0 Å². The van der Waals surface area contributed by atoms with Crippen LogP contribution in [0.25, 0.3) is 0 Å². The molecule has 0 radical (unpaired) electrons. The Morgan fingerprint density at radius 3 is 2.50 bits per heavy atom. The molecule has 0 spiro atoms. The molecule has 1 aromatic rings. The summed E-state index contributed by atoms with van der Waals surface area (Å²) in [7, 11) is 0. The van der Waals surface area contributed by atoms with Crippen molar-refractivity contribution in [2.75, 3.05) is 0 Å². The summed E-state index contributed by atoms with van der Waals surface area (Å²) >= 11 is 0. The van der Waals surface area contributed by atoms with Crippen molar-refractivity contribution in [2.24, 2.45) is 5.73 Å². The minimum Gasteiger partial charge on any atom is -0.366 e. The molecule has 0 unspecified atom stereocenters. The van der Waals surface area contributed by atoms with Crippen LogP contribution in [0.15, 0.2) is 6.20 Å². The summed E-state index contributed by atoms with van der Waals surface area (Å²) in [4.78, 5) is 14.5. The van der Waals surface area contributed by atoms with Gasteiger partial charge in [0, 0.05) is 11.8 Å². The lowest BCUT2D eigenvalue weighted by Crippen LogP contribution is -2.16. The molecule has 2 N–H and O–H groups in total. The number of alkyl halides is 2. The highest BCUT2D eigenvalue weighted by molar-refractivity contribution is 5.95. The molecule has 1 aromatic heterocycles. The Morgan fingerprint density at radius 1 is 1.50 bits per heavy atom. The normalized spacial score (nSPS) is 10.6. The molecular formula is C9H10F2N2O. The number of pyridine rings is 1. The average molecular weight is 200 g/mol. The Labute approximate surface area is 79.9 Å². The summed E-state index contributed by atoms with van der Waals surface area (Å²) in [5, 5.41) is 0. The predicted octanol–water partition coefficient (Wildman–Crippen LogP) is 1.73. The van der Waals surface area contributed by atoms with Gasteiger partial charge >= 0.3 is 0 Å². The minimum absolute atomic E-state index is 0.135. The number of rotatable bonds is 2. The number of nitrogens with two attached hydrogens (primary N) is 1.